The van der Waals surface area contributed by atoms with Crippen LogP contribution in [0.15, 0.2) is 0 Å². The predicted molar refractivity (Wildman–Crippen MR) is 55.4 cm³/mol. The highest BCUT2D eigenvalue weighted by atomic mass is 16.3. The first-order valence-electron chi connectivity index (χ1n) is 5.40. The third kappa shape index (κ3) is 2.96. The molecule has 1 fully saturated rings. The lowest BCUT2D eigenvalue weighted by Crippen LogP contribution is -2.33. The van der Waals surface area contributed by atoms with E-state index in [1.165, 1.54) is 25.7 Å². The lowest BCUT2D eigenvalue weighted by molar-refractivity contribution is 0.0977. The molecule has 1 aliphatic carbocycles. The summed E-state index contributed by atoms with van der Waals surface area (Å²) in [5.74, 6) is 0.985. The van der Waals surface area contributed by atoms with Crippen LogP contribution in [0.4, 0.5) is 0 Å². The lowest BCUT2D eigenvalue weighted by atomic mass is 9.68. The van der Waals surface area contributed by atoms with Crippen molar-refractivity contribution in [3.05, 3.63) is 0 Å². The van der Waals surface area contributed by atoms with Crippen molar-refractivity contribution in [3.8, 4) is 0 Å². The van der Waals surface area contributed by atoms with Gasteiger partial charge in [-0.25, -0.2) is 0 Å². The van der Waals surface area contributed by atoms with Crippen molar-refractivity contribution in [1.82, 2.24) is 0 Å². The topological polar surface area (TPSA) is 46.2 Å². The Hall–Kier alpha value is -0.0800. The molecule has 2 heteroatoms. The van der Waals surface area contributed by atoms with Gasteiger partial charge in [-0.1, -0.05) is 26.7 Å². The minimum absolute atomic E-state index is 0.261. The Labute approximate surface area is 81.5 Å². The van der Waals surface area contributed by atoms with Gasteiger partial charge in [-0.2, -0.15) is 0 Å². The van der Waals surface area contributed by atoms with E-state index < -0.39 is 0 Å². The minimum atomic E-state index is 0.261. The Morgan fingerprint density at radius 2 is 2.23 bits per heavy atom. The third-order valence-corrected chi connectivity index (χ3v) is 3.45. The second-order valence-electron chi connectivity index (χ2n) is 5.20. The SMILES string of the molecule is CC1(C)CCCC(C(CN)CO)C1. The van der Waals surface area contributed by atoms with E-state index in [2.05, 4.69) is 13.8 Å². The molecule has 0 aromatic heterocycles. The quantitative estimate of drug-likeness (QED) is 0.704. The largest absolute Gasteiger partial charge is 0.396 e. The second kappa shape index (κ2) is 4.43. The summed E-state index contributed by atoms with van der Waals surface area (Å²) in [6, 6.07) is 0. The zero-order valence-corrected chi connectivity index (χ0v) is 8.92. The standard InChI is InChI=1S/C11H23NO/c1-11(2)5-3-4-9(6-11)10(7-12)8-13/h9-10,13H,3-8,12H2,1-2H3. The van der Waals surface area contributed by atoms with Crippen LogP contribution in [0.2, 0.25) is 0 Å². The molecule has 0 heterocycles. The van der Waals surface area contributed by atoms with Gasteiger partial charge in [-0.05, 0) is 36.6 Å². The number of hydrogen-bond donors (Lipinski definition) is 2. The second-order valence-corrected chi connectivity index (χ2v) is 5.20. The highest BCUT2D eigenvalue weighted by molar-refractivity contribution is 4.83. The molecule has 0 amide bonds. The van der Waals surface area contributed by atoms with Crippen LogP contribution in [0.25, 0.3) is 0 Å². The Balaban J connectivity index is 2.50. The summed E-state index contributed by atoms with van der Waals surface area (Å²) >= 11 is 0. The van der Waals surface area contributed by atoms with Gasteiger partial charge in [0.2, 0.25) is 0 Å². The lowest BCUT2D eigenvalue weighted by Gasteiger charge is -2.38. The third-order valence-electron chi connectivity index (χ3n) is 3.45. The van der Waals surface area contributed by atoms with Gasteiger partial charge in [0.15, 0.2) is 0 Å². The smallest absolute Gasteiger partial charge is 0.0473 e. The van der Waals surface area contributed by atoms with Gasteiger partial charge < -0.3 is 10.8 Å². The number of hydrogen-bond acceptors (Lipinski definition) is 2. The molecule has 1 aliphatic rings. The average Bonchev–Trinajstić information content (AvgIpc) is 2.05. The first-order chi connectivity index (χ1) is 6.09. The molecule has 0 bridgehead atoms. The molecule has 78 valence electrons. The van der Waals surface area contributed by atoms with Crippen LogP contribution in [-0.4, -0.2) is 18.3 Å². The van der Waals surface area contributed by atoms with E-state index in [1.807, 2.05) is 0 Å². The molecule has 3 N–H and O–H groups in total. The Kier molecular flexibility index (Phi) is 3.74. The minimum Gasteiger partial charge on any atom is -0.396 e. The van der Waals surface area contributed by atoms with Crippen molar-refractivity contribution in [2.45, 2.75) is 39.5 Å². The van der Waals surface area contributed by atoms with Gasteiger partial charge in [-0.15, -0.1) is 0 Å². The summed E-state index contributed by atoms with van der Waals surface area (Å²) in [6.07, 6.45) is 5.11. The highest BCUT2D eigenvalue weighted by Crippen LogP contribution is 2.41. The molecule has 0 aromatic carbocycles. The molecule has 2 unspecified atom stereocenters. The highest BCUT2D eigenvalue weighted by Gasteiger charge is 2.31. The van der Waals surface area contributed by atoms with Crippen molar-refractivity contribution in [2.24, 2.45) is 23.0 Å². The Morgan fingerprint density at radius 1 is 1.54 bits per heavy atom. The van der Waals surface area contributed by atoms with Crippen molar-refractivity contribution >= 4 is 0 Å². The van der Waals surface area contributed by atoms with Gasteiger partial charge in [0.1, 0.15) is 0 Å². The number of aliphatic hydroxyl groups excluding tert-OH is 1. The van der Waals surface area contributed by atoms with Crippen molar-refractivity contribution in [1.29, 1.82) is 0 Å². The summed E-state index contributed by atoms with van der Waals surface area (Å²) < 4.78 is 0. The summed E-state index contributed by atoms with van der Waals surface area (Å²) in [4.78, 5) is 0. The van der Waals surface area contributed by atoms with E-state index >= 15 is 0 Å². The first-order valence-corrected chi connectivity index (χ1v) is 5.40. The zero-order valence-electron chi connectivity index (χ0n) is 8.92. The fourth-order valence-electron chi connectivity index (χ4n) is 2.58. The molecule has 0 aliphatic heterocycles. The van der Waals surface area contributed by atoms with Crippen molar-refractivity contribution in [2.75, 3.05) is 13.2 Å². The summed E-state index contributed by atoms with van der Waals surface area (Å²) in [7, 11) is 0. The van der Waals surface area contributed by atoms with Crippen LogP contribution in [0.3, 0.4) is 0 Å². The van der Waals surface area contributed by atoms with Gasteiger partial charge in [-0.3, -0.25) is 0 Å². The van der Waals surface area contributed by atoms with E-state index in [9.17, 15) is 0 Å². The Bertz CT molecular complexity index is 152. The molecule has 13 heavy (non-hydrogen) atoms. The van der Waals surface area contributed by atoms with E-state index in [-0.39, 0.29) is 6.61 Å². The van der Waals surface area contributed by atoms with Crippen LogP contribution in [0.1, 0.15) is 39.5 Å². The fraction of sp³-hybridized carbons (Fsp3) is 1.00. The normalized spacial score (nSPS) is 30.0. The number of rotatable bonds is 3. The number of nitrogens with two attached hydrogens (primary N) is 1. The molecule has 2 nitrogen and oxygen atoms in total. The number of aliphatic hydroxyl groups is 1. The maximum Gasteiger partial charge on any atom is 0.0473 e. The Morgan fingerprint density at radius 3 is 2.69 bits per heavy atom. The molecule has 0 spiro atoms. The maximum absolute atomic E-state index is 9.17. The van der Waals surface area contributed by atoms with Gasteiger partial charge in [0.25, 0.3) is 0 Å². The molecular weight excluding hydrogens is 162 g/mol. The first kappa shape index (κ1) is 11.0. The predicted octanol–water partition coefficient (Wildman–Crippen LogP) is 1.77. The molecule has 0 radical (unpaired) electrons. The van der Waals surface area contributed by atoms with Crippen LogP contribution in [-0.2, 0) is 0 Å². The van der Waals surface area contributed by atoms with Crippen molar-refractivity contribution in [3.63, 3.8) is 0 Å². The van der Waals surface area contributed by atoms with Gasteiger partial charge in [0.05, 0.1) is 0 Å². The van der Waals surface area contributed by atoms with E-state index in [0.717, 1.165) is 0 Å². The van der Waals surface area contributed by atoms with Crippen molar-refractivity contribution < 1.29 is 5.11 Å². The summed E-state index contributed by atoms with van der Waals surface area (Å²) in [6.45, 7) is 5.54. The maximum atomic E-state index is 9.17. The summed E-state index contributed by atoms with van der Waals surface area (Å²) in [5, 5.41) is 9.17. The van der Waals surface area contributed by atoms with Crippen LogP contribution < -0.4 is 5.73 Å². The van der Waals surface area contributed by atoms with Crippen LogP contribution in [0.5, 0.6) is 0 Å². The molecule has 0 saturated heterocycles. The van der Waals surface area contributed by atoms with E-state index in [1.54, 1.807) is 0 Å². The van der Waals surface area contributed by atoms with Crippen LogP contribution in [0, 0.1) is 17.3 Å². The average molecular weight is 185 g/mol. The van der Waals surface area contributed by atoms with E-state index in [4.69, 9.17) is 10.8 Å². The molecular formula is C11H23NO. The van der Waals surface area contributed by atoms with Crippen LogP contribution >= 0.6 is 0 Å². The molecule has 0 aromatic rings. The molecule has 1 rings (SSSR count). The summed E-state index contributed by atoms with van der Waals surface area (Å²) in [5.41, 5.74) is 6.11. The molecule has 1 saturated carbocycles. The van der Waals surface area contributed by atoms with Gasteiger partial charge >= 0.3 is 0 Å². The molecule has 2 atom stereocenters. The van der Waals surface area contributed by atoms with Gasteiger partial charge in [0, 0.05) is 6.61 Å². The monoisotopic (exact) mass is 185 g/mol. The van der Waals surface area contributed by atoms with E-state index in [0.29, 0.717) is 23.8 Å². The zero-order chi connectivity index (χ0) is 9.90. The fourth-order valence-corrected chi connectivity index (χ4v) is 2.58.